The molecule has 1 aliphatic carbocycles. The molecular weight excluding hydrogens is 138 g/mol. The summed E-state index contributed by atoms with van der Waals surface area (Å²) in [5, 5.41) is 3.62. The highest BCUT2D eigenvalue weighted by Gasteiger charge is 2.29. The van der Waals surface area contributed by atoms with Crippen LogP contribution in [0.25, 0.3) is 0 Å². The second kappa shape index (κ2) is 3.11. The molecule has 2 aliphatic rings. The first-order chi connectivity index (χ1) is 5.36. The molecule has 1 saturated carbocycles. The van der Waals surface area contributed by atoms with Crippen LogP contribution in [0, 0.1) is 5.92 Å². The van der Waals surface area contributed by atoms with Crippen molar-refractivity contribution in [1.29, 1.82) is 0 Å². The fourth-order valence-electron chi connectivity index (χ4n) is 1.77. The Balaban J connectivity index is 1.70. The third kappa shape index (κ3) is 1.94. The summed E-state index contributed by atoms with van der Waals surface area (Å²) in [6, 6.07) is 1.37. The zero-order chi connectivity index (χ0) is 7.68. The van der Waals surface area contributed by atoms with Gasteiger partial charge >= 0.3 is 0 Å². The van der Waals surface area contributed by atoms with Crippen molar-refractivity contribution in [3.05, 3.63) is 0 Å². The van der Waals surface area contributed by atoms with Gasteiger partial charge in [0.25, 0.3) is 0 Å². The fraction of sp³-hybridized carbons (Fsp3) is 1.00. The molecule has 2 heteroatoms. The maximum atomic E-state index is 5.30. The van der Waals surface area contributed by atoms with E-state index in [-0.39, 0.29) is 0 Å². The average Bonchev–Trinajstić information content (AvgIpc) is 2.73. The summed E-state index contributed by atoms with van der Waals surface area (Å²) in [5.41, 5.74) is 0. The van der Waals surface area contributed by atoms with Gasteiger partial charge in [-0.3, -0.25) is 0 Å². The van der Waals surface area contributed by atoms with Crippen LogP contribution in [-0.4, -0.2) is 25.3 Å². The SMILES string of the molecule is CC(NC1CCOC1)C1CC1. The molecule has 0 aromatic carbocycles. The molecule has 0 radical (unpaired) electrons. The first kappa shape index (κ1) is 7.56. The van der Waals surface area contributed by atoms with Gasteiger partial charge in [0.1, 0.15) is 0 Å². The number of hydrogen-bond donors (Lipinski definition) is 1. The Morgan fingerprint density at radius 1 is 1.36 bits per heavy atom. The van der Waals surface area contributed by atoms with Gasteiger partial charge in [-0.05, 0) is 32.1 Å². The number of hydrogen-bond acceptors (Lipinski definition) is 2. The molecule has 64 valence electrons. The molecule has 1 heterocycles. The lowest BCUT2D eigenvalue weighted by molar-refractivity contribution is 0.187. The molecule has 0 aromatic rings. The minimum atomic E-state index is 0.644. The topological polar surface area (TPSA) is 21.3 Å². The van der Waals surface area contributed by atoms with E-state index in [9.17, 15) is 0 Å². The maximum Gasteiger partial charge on any atom is 0.0620 e. The Labute approximate surface area is 68.3 Å². The zero-order valence-corrected chi connectivity index (χ0v) is 7.18. The number of ether oxygens (including phenoxy) is 1. The van der Waals surface area contributed by atoms with E-state index in [1.807, 2.05) is 0 Å². The summed E-state index contributed by atoms with van der Waals surface area (Å²) >= 11 is 0. The third-order valence-corrected chi connectivity index (χ3v) is 2.76. The molecule has 11 heavy (non-hydrogen) atoms. The molecule has 2 nitrogen and oxygen atoms in total. The summed E-state index contributed by atoms with van der Waals surface area (Å²) in [5.74, 6) is 0.968. The van der Waals surface area contributed by atoms with E-state index < -0.39 is 0 Å². The van der Waals surface area contributed by atoms with Crippen LogP contribution in [0.4, 0.5) is 0 Å². The van der Waals surface area contributed by atoms with Gasteiger partial charge < -0.3 is 10.1 Å². The van der Waals surface area contributed by atoms with Crippen molar-refractivity contribution in [2.45, 2.75) is 38.3 Å². The number of rotatable bonds is 3. The van der Waals surface area contributed by atoms with Crippen molar-refractivity contribution in [3.8, 4) is 0 Å². The minimum Gasteiger partial charge on any atom is -0.380 e. The van der Waals surface area contributed by atoms with Crippen molar-refractivity contribution >= 4 is 0 Å². The highest BCUT2D eigenvalue weighted by molar-refractivity contribution is 4.86. The predicted octanol–water partition coefficient (Wildman–Crippen LogP) is 1.16. The summed E-state index contributed by atoms with van der Waals surface area (Å²) in [4.78, 5) is 0. The molecule has 2 atom stereocenters. The highest BCUT2D eigenvalue weighted by Crippen LogP contribution is 2.32. The lowest BCUT2D eigenvalue weighted by Crippen LogP contribution is -2.37. The Hall–Kier alpha value is -0.0800. The van der Waals surface area contributed by atoms with Gasteiger partial charge in [-0.25, -0.2) is 0 Å². The van der Waals surface area contributed by atoms with E-state index in [2.05, 4.69) is 12.2 Å². The van der Waals surface area contributed by atoms with E-state index in [0.717, 1.165) is 25.2 Å². The highest BCUT2D eigenvalue weighted by atomic mass is 16.5. The Morgan fingerprint density at radius 3 is 2.73 bits per heavy atom. The van der Waals surface area contributed by atoms with Crippen molar-refractivity contribution in [2.75, 3.05) is 13.2 Å². The zero-order valence-electron chi connectivity index (χ0n) is 7.18. The molecule has 0 bridgehead atoms. The van der Waals surface area contributed by atoms with Crippen LogP contribution in [0.3, 0.4) is 0 Å². The second-order valence-electron chi connectivity index (χ2n) is 3.85. The van der Waals surface area contributed by atoms with Gasteiger partial charge in [-0.15, -0.1) is 0 Å². The molecule has 1 saturated heterocycles. The Bertz CT molecular complexity index is 128. The van der Waals surface area contributed by atoms with Crippen molar-refractivity contribution in [3.63, 3.8) is 0 Å². The van der Waals surface area contributed by atoms with Gasteiger partial charge in [0.05, 0.1) is 6.61 Å². The van der Waals surface area contributed by atoms with E-state index in [0.29, 0.717) is 6.04 Å². The van der Waals surface area contributed by atoms with Gasteiger partial charge in [0, 0.05) is 18.7 Å². The van der Waals surface area contributed by atoms with Crippen LogP contribution in [-0.2, 0) is 4.74 Å². The first-order valence-corrected chi connectivity index (χ1v) is 4.70. The molecule has 0 amide bonds. The Kier molecular flexibility index (Phi) is 2.14. The summed E-state index contributed by atoms with van der Waals surface area (Å²) in [6.45, 7) is 4.18. The summed E-state index contributed by atoms with van der Waals surface area (Å²) < 4.78 is 5.30. The van der Waals surface area contributed by atoms with Crippen molar-refractivity contribution < 1.29 is 4.74 Å². The van der Waals surface area contributed by atoms with E-state index in [1.165, 1.54) is 19.3 Å². The molecule has 0 spiro atoms. The van der Waals surface area contributed by atoms with E-state index in [1.54, 1.807) is 0 Å². The molecule has 1 aliphatic heterocycles. The summed E-state index contributed by atoms with van der Waals surface area (Å²) in [6.07, 6.45) is 4.07. The van der Waals surface area contributed by atoms with Gasteiger partial charge in [0.2, 0.25) is 0 Å². The monoisotopic (exact) mass is 155 g/mol. The van der Waals surface area contributed by atoms with Crippen LogP contribution >= 0.6 is 0 Å². The van der Waals surface area contributed by atoms with Crippen LogP contribution in [0.1, 0.15) is 26.2 Å². The molecular formula is C9H17NO. The van der Waals surface area contributed by atoms with E-state index in [4.69, 9.17) is 4.74 Å². The van der Waals surface area contributed by atoms with Gasteiger partial charge in [0.15, 0.2) is 0 Å². The maximum absolute atomic E-state index is 5.30. The predicted molar refractivity (Wildman–Crippen MR) is 44.5 cm³/mol. The van der Waals surface area contributed by atoms with E-state index >= 15 is 0 Å². The van der Waals surface area contributed by atoms with Crippen molar-refractivity contribution in [2.24, 2.45) is 5.92 Å². The lowest BCUT2D eigenvalue weighted by atomic mass is 10.1. The van der Waals surface area contributed by atoms with Gasteiger partial charge in [-0.1, -0.05) is 0 Å². The second-order valence-corrected chi connectivity index (χ2v) is 3.85. The molecule has 2 unspecified atom stereocenters. The van der Waals surface area contributed by atoms with Crippen LogP contribution in [0.5, 0.6) is 0 Å². The summed E-state index contributed by atoms with van der Waals surface area (Å²) in [7, 11) is 0. The van der Waals surface area contributed by atoms with Crippen molar-refractivity contribution in [1.82, 2.24) is 5.32 Å². The molecule has 2 rings (SSSR count). The van der Waals surface area contributed by atoms with Gasteiger partial charge in [-0.2, -0.15) is 0 Å². The normalized spacial score (nSPS) is 34.1. The fourth-order valence-corrected chi connectivity index (χ4v) is 1.77. The quantitative estimate of drug-likeness (QED) is 0.660. The van der Waals surface area contributed by atoms with Crippen LogP contribution in [0.2, 0.25) is 0 Å². The third-order valence-electron chi connectivity index (χ3n) is 2.76. The molecule has 1 N–H and O–H groups in total. The lowest BCUT2D eigenvalue weighted by Gasteiger charge is -2.17. The Morgan fingerprint density at radius 2 is 2.18 bits per heavy atom. The van der Waals surface area contributed by atoms with Crippen LogP contribution in [0.15, 0.2) is 0 Å². The smallest absolute Gasteiger partial charge is 0.0620 e. The number of nitrogens with one attached hydrogen (secondary N) is 1. The standard InChI is InChI=1S/C9H17NO/c1-7(8-2-3-8)10-9-4-5-11-6-9/h7-10H,2-6H2,1H3. The molecule has 0 aromatic heterocycles. The molecule has 2 fully saturated rings. The minimum absolute atomic E-state index is 0.644. The largest absolute Gasteiger partial charge is 0.380 e. The van der Waals surface area contributed by atoms with Crippen LogP contribution < -0.4 is 5.32 Å². The average molecular weight is 155 g/mol. The first-order valence-electron chi connectivity index (χ1n) is 4.70.